The lowest BCUT2D eigenvalue weighted by atomic mass is 9.73. The summed E-state index contributed by atoms with van der Waals surface area (Å²) < 4.78 is 29.4. The molecule has 0 saturated carbocycles. The highest BCUT2D eigenvalue weighted by Crippen LogP contribution is 2.44. The van der Waals surface area contributed by atoms with E-state index >= 15 is 0 Å². The minimum absolute atomic E-state index is 0.0476. The molecule has 2 atom stereocenters. The monoisotopic (exact) mass is 374 g/mol. The Morgan fingerprint density at radius 2 is 1.26 bits per heavy atom. The lowest BCUT2D eigenvalue weighted by molar-refractivity contribution is -0.249. The molecule has 0 radical (unpaired) electrons. The van der Waals surface area contributed by atoms with E-state index in [9.17, 15) is 0 Å². The van der Waals surface area contributed by atoms with Crippen LogP contribution in [-0.2, 0) is 27.1 Å². The van der Waals surface area contributed by atoms with Gasteiger partial charge in [-0.25, -0.2) is 0 Å². The third-order valence-corrected chi connectivity index (χ3v) is 6.59. The number of hydrogen-bond donors (Lipinski definition) is 0. The van der Waals surface area contributed by atoms with Gasteiger partial charge in [0.15, 0.2) is 0 Å². The van der Waals surface area contributed by atoms with Crippen LogP contribution >= 0.6 is 0 Å². The van der Waals surface area contributed by atoms with Crippen LogP contribution in [0, 0.1) is 10.8 Å². The fourth-order valence-corrected chi connectivity index (χ4v) is 4.20. The van der Waals surface area contributed by atoms with E-state index in [1.165, 1.54) is 0 Å². The summed E-state index contributed by atoms with van der Waals surface area (Å²) in [6.07, 6.45) is 7.14. The maximum Gasteiger partial charge on any atom is 0.106 e. The van der Waals surface area contributed by atoms with Crippen LogP contribution in [0.3, 0.4) is 0 Å². The van der Waals surface area contributed by atoms with Crippen molar-refractivity contribution in [2.24, 2.45) is 10.8 Å². The number of furan rings is 2. The molecule has 2 unspecified atom stereocenters. The van der Waals surface area contributed by atoms with Crippen LogP contribution < -0.4 is 0 Å². The largest absolute Gasteiger partial charge is 0.469 e. The first-order chi connectivity index (χ1) is 13.2. The van der Waals surface area contributed by atoms with E-state index in [0.717, 1.165) is 63.6 Å². The number of hydrogen-bond acceptors (Lipinski definition) is 5. The molecular weight excluding hydrogens is 344 g/mol. The number of rotatable bonds is 10. The van der Waals surface area contributed by atoms with Gasteiger partial charge in [0, 0.05) is 23.7 Å². The Kier molecular flexibility index (Phi) is 5.44. The van der Waals surface area contributed by atoms with E-state index in [4.69, 9.17) is 23.0 Å². The molecule has 4 heterocycles. The molecule has 0 spiro atoms. The van der Waals surface area contributed by atoms with E-state index in [2.05, 4.69) is 13.8 Å². The van der Waals surface area contributed by atoms with Gasteiger partial charge < -0.3 is 23.0 Å². The van der Waals surface area contributed by atoms with Gasteiger partial charge in [-0.2, -0.15) is 0 Å². The maximum atomic E-state index is 6.91. The quantitative estimate of drug-likeness (QED) is 0.622. The molecule has 0 amide bonds. The third-order valence-electron chi connectivity index (χ3n) is 6.59. The molecule has 5 nitrogen and oxygen atoms in total. The van der Waals surface area contributed by atoms with E-state index in [0.29, 0.717) is 0 Å². The minimum atomic E-state index is 0.0476. The molecule has 0 bridgehead atoms. The summed E-state index contributed by atoms with van der Waals surface area (Å²) in [4.78, 5) is 0. The summed E-state index contributed by atoms with van der Waals surface area (Å²) in [6.45, 7) is 7.45. The van der Waals surface area contributed by atoms with Crippen LogP contribution in [0.5, 0.6) is 0 Å². The standard InChI is InChI=1S/C22H30O5/c1-3-21(13-23-14-21)19(11-17-7-5-9-25-17)27-20(12-18-8-6-10-26-18)22(4-2)15-24-16-22/h5-10,19-20H,3-4,11-16H2,1-2H3. The first-order valence-electron chi connectivity index (χ1n) is 10.1. The number of ether oxygens (including phenoxy) is 3. The van der Waals surface area contributed by atoms with Crippen molar-refractivity contribution in [1.29, 1.82) is 0 Å². The van der Waals surface area contributed by atoms with Gasteiger partial charge >= 0.3 is 0 Å². The predicted octanol–water partition coefficient (Wildman–Crippen LogP) is 4.26. The van der Waals surface area contributed by atoms with E-state index in [1.54, 1.807) is 12.5 Å². The average molecular weight is 374 g/mol. The van der Waals surface area contributed by atoms with E-state index in [-0.39, 0.29) is 23.0 Å². The van der Waals surface area contributed by atoms with Crippen molar-refractivity contribution < 1.29 is 23.0 Å². The van der Waals surface area contributed by atoms with E-state index < -0.39 is 0 Å². The predicted molar refractivity (Wildman–Crippen MR) is 101 cm³/mol. The van der Waals surface area contributed by atoms with Crippen LogP contribution in [0.1, 0.15) is 38.2 Å². The Bertz CT molecular complexity index is 611. The topological polar surface area (TPSA) is 54.0 Å². The molecule has 5 heteroatoms. The second-order valence-corrected chi connectivity index (χ2v) is 8.10. The van der Waals surface area contributed by atoms with Crippen molar-refractivity contribution in [2.45, 2.75) is 51.7 Å². The van der Waals surface area contributed by atoms with Crippen molar-refractivity contribution in [3.63, 3.8) is 0 Å². The molecule has 0 aromatic carbocycles. The normalized spacial score (nSPS) is 22.6. The van der Waals surface area contributed by atoms with Gasteiger partial charge in [0.2, 0.25) is 0 Å². The van der Waals surface area contributed by atoms with Gasteiger partial charge in [-0.05, 0) is 37.1 Å². The lowest BCUT2D eigenvalue weighted by Crippen LogP contribution is -2.58. The first-order valence-corrected chi connectivity index (χ1v) is 10.1. The SMILES string of the molecule is CCC1(C(Cc2ccco2)OC(Cc2ccco2)C2(CC)COC2)COC1. The van der Waals surface area contributed by atoms with Crippen LogP contribution in [0.2, 0.25) is 0 Å². The minimum Gasteiger partial charge on any atom is -0.469 e. The smallest absolute Gasteiger partial charge is 0.106 e. The highest BCUT2D eigenvalue weighted by molar-refractivity contribution is 5.07. The van der Waals surface area contributed by atoms with Crippen LogP contribution in [0.25, 0.3) is 0 Å². The summed E-state index contributed by atoms with van der Waals surface area (Å²) in [5.41, 5.74) is 0.0987. The van der Waals surface area contributed by atoms with Crippen LogP contribution in [-0.4, -0.2) is 38.6 Å². The van der Waals surface area contributed by atoms with Gasteiger partial charge in [0.05, 0.1) is 51.2 Å². The summed E-state index contributed by atoms with van der Waals surface area (Å²) in [5.74, 6) is 1.93. The fraction of sp³-hybridized carbons (Fsp3) is 0.636. The average Bonchev–Trinajstić information content (AvgIpc) is 3.27. The molecule has 4 rings (SSSR count). The highest BCUT2D eigenvalue weighted by atomic mass is 16.5. The first kappa shape index (κ1) is 18.8. The van der Waals surface area contributed by atoms with Crippen LogP contribution in [0.15, 0.2) is 45.6 Å². The maximum absolute atomic E-state index is 6.91. The van der Waals surface area contributed by atoms with Gasteiger partial charge in [0.25, 0.3) is 0 Å². The van der Waals surface area contributed by atoms with Crippen molar-refractivity contribution in [1.82, 2.24) is 0 Å². The van der Waals surface area contributed by atoms with Crippen molar-refractivity contribution in [3.8, 4) is 0 Å². The second-order valence-electron chi connectivity index (χ2n) is 8.10. The Balaban J connectivity index is 1.58. The van der Waals surface area contributed by atoms with Crippen molar-refractivity contribution >= 4 is 0 Å². The van der Waals surface area contributed by atoms with Crippen molar-refractivity contribution in [2.75, 3.05) is 26.4 Å². The summed E-state index contributed by atoms with van der Waals surface area (Å²) in [5, 5.41) is 0. The molecule has 2 aliphatic heterocycles. The molecule has 2 fully saturated rings. The molecule has 2 saturated heterocycles. The molecule has 2 aromatic heterocycles. The lowest BCUT2D eigenvalue weighted by Gasteiger charge is -2.52. The molecule has 2 aliphatic rings. The molecule has 0 N–H and O–H groups in total. The Hall–Kier alpha value is -1.56. The van der Waals surface area contributed by atoms with Gasteiger partial charge in [-0.15, -0.1) is 0 Å². The highest BCUT2D eigenvalue weighted by Gasteiger charge is 2.51. The van der Waals surface area contributed by atoms with Crippen LogP contribution in [0.4, 0.5) is 0 Å². The zero-order valence-electron chi connectivity index (χ0n) is 16.3. The zero-order valence-corrected chi connectivity index (χ0v) is 16.3. The molecule has 148 valence electrons. The fourth-order valence-electron chi connectivity index (χ4n) is 4.20. The van der Waals surface area contributed by atoms with E-state index in [1.807, 2.05) is 24.3 Å². The summed E-state index contributed by atoms with van der Waals surface area (Å²) >= 11 is 0. The van der Waals surface area contributed by atoms with Gasteiger partial charge in [0.1, 0.15) is 11.5 Å². The Labute approximate surface area is 161 Å². The summed E-state index contributed by atoms with van der Waals surface area (Å²) in [7, 11) is 0. The van der Waals surface area contributed by atoms with Crippen molar-refractivity contribution in [3.05, 3.63) is 48.3 Å². The Morgan fingerprint density at radius 1 is 0.815 bits per heavy atom. The second kappa shape index (κ2) is 7.82. The third kappa shape index (κ3) is 3.60. The molecular formula is C22H30O5. The van der Waals surface area contributed by atoms with Gasteiger partial charge in [-0.3, -0.25) is 0 Å². The molecule has 0 aliphatic carbocycles. The zero-order chi connectivity index (χ0) is 18.7. The van der Waals surface area contributed by atoms with Gasteiger partial charge in [-0.1, -0.05) is 13.8 Å². The molecule has 27 heavy (non-hydrogen) atoms. The summed E-state index contributed by atoms with van der Waals surface area (Å²) in [6, 6.07) is 7.94. The molecule has 2 aromatic rings. The Morgan fingerprint density at radius 3 is 1.52 bits per heavy atom.